The monoisotopic (exact) mass is 410 g/mol. The molecule has 0 aliphatic heterocycles. The van der Waals surface area contributed by atoms with Crippen molar-refractivity contribution in [1.82, 2.24) is 0 Å². The van der Waals surface area contributed by atoms with Crippen molar-refractivity contribution < 1.29 is 21.4 Å². The molecular formula is C17H28ClFO4SSi. The molecule has 8 heteroatoms. The second kappa shape index (κ2) is 7.94. The first-order valence-corrected chi connectivity index (χ1v) is 13.3. The van der Waals surface area contributed by atoms with Crippen molar-refractivity contribution in [2.24, 2.45) is 0 Å². The van der Waals surface area contributed by atoms with Crippen molar-refractivity contribution in [3.05, 3.63) is 28.5 Å². The zero-order valence-electron chi connectivity index (χ0n) is 15.9. The largest absolute Gasteiger partial charge is 0.541 e. The highest BCUT2D eigenvalue weighted by Crippen LogP contribution is 2.42. The molecule has 0 heterocycles. The van der Waals surface area contributed by atoms with Crippen molar-refractivity contribution in [3.8, 4) is 5.75 Å². The van der Waals surface area contributed by atoms with Gasteiger partial charge in [-0.05, 0) is 42.1 Å². The number of hydrogen-bond donors (Lipinski definition) is 0. The van der Waals surface area contributed by atoms with Crippen LogP contribution in [0.4, 0.5) is 4.39 Å². The van der Waals surface area contributed by atoms with Gasteiger partial charge >= 0.3 is 0 Å². The van der Waals surface area contributed by atoms with Crippen LogP contribution in [0.3, 0.4) is 0 Å². The second-order valence-corrected chi connectivity index (χ2v) is 14.6. The summed E-state index contributed by atoms with van der Waals surface area (Å²) in [4.78, 5) is 0. The van der Waals surface area contributed by atoms with Crippen LogP contribution >= 0.6 is 11.6 Å². The highest BCUT2D eigenvalue weighted by atomic mass is 35.5. The molecule has 0 fully saturated rings. The fraction of sp³-hybridized carbons (Fsp3) is 0.647. The summed E-state index contributed by atoms with van der Waals surface area (Å²) in [6.07, 6.45) is 1.42. The summed E-state index contributed by atoms with van der Waals surface area (Å²) < 4.78 is 47.9. The molecule has 4 nitrogen and oxygen atoms in total. The minimum atomic E-state index is -3.49. The van der Waals surface area contributed by atoms with Gasteiger partial charge in [-0.1, -0.05) is 45.4 Å². The van der Waals surface area contributed by atoms with Crippen LogP contribution < -0.4 is 4.43 Å². The average molecular weight is 411 g/mol. The Morgan fingerprint density at radius 3 is 2.32 bits per heavy atom. The van der Waals surface area contributed by atoms with Crippen LogP contribution in [0.1, 0.15) is 45.6 Å². The first-order chi connectivity index (χ1) is 11.2. The van der Waals surface area contributed by atoms with E-state index in [-0.39, 0.29) is 28.3 Å². The lowest BCUT2D eigenvalue weighted by Crippen LogP contribution is -2.44. The van der Waals surface area contributed by atoms with E-state index in [1.165, 1.54) is 6.07 Å². The molecule has 0 aliphatic rings. The van der Waals surface area contributed by atoms with Crippen LogP contribution in [-0.4, -0.2) is 29.6 Å². The Morgan fingerprint density at radius 1 is 1.28 bits per heavy atom. The third-order valence-electron chi connectivity index (χ3n) is 4.62. The molecule has 0 aromatic heterocycles. The standard InChI is InChI=1S/C17H28ClFO4SSi/c1-12(10-11-22-24(5,20)21)13-8-9-14(18)15(19)16(13)23-25(6,7)17(2,3)4/h8-9,12H,10-11H2,1-7H3. The van der Waals surface area contributed by atoms with Gasteiger partial charge in [-0.25, -0.2) is 4.39 Å². The summed E-state index contributed by atoms with van der Waals surface area (Å²) in [5, 5.41) is -0.0844. The molecule has 1 unspecified atom stereocenters. The Labute approximate surface area is 156 Å². The van der Waals surface area contributed by atoms with E-state index in [0.717, 1.165) is 6.26 Å². The molecule has 1 rings (SSSR count). The predicted molar refractivity (Wildman–Crippen MR) is 103 cm³/mol. The van der Waals surface area contributed by atoms with Crippen LogP contribution in [0.5, 0.6) is 5.75 Å². The Hall–Kier alpha value is -0.633. The first kappa shape index (κ1) is 22.4. The highest BCUT2D eigenvalue weighted by Gasteiger charge is 2.40. The molecule has 0 aliphatic carbocycles. The fourth-order valence-corrected chi connectivity index (χ4v) is 3.55. The van der Waals surface area contributed by atoms with Gasteiger partial charge in [-0.15, -0.1) is 0 Å². The Balaban J connectivity index is 3.14. The Bertz CT molecular complexity index is 714. The van der Waals surface area contributed by atoms with E-state index in [0.29, 0.717) is 12.0 Å². The fourth-order valence-electron chi connectivity index (χ4n) is 1.98. The summed E-state index contributed by atoms with van der Waals surface area (Å²) in [6.45, 7) is 12.2. The van der Waals surface area contributed by atoms with Gasteiger partial charge < -0.3 is 4.43 Å². The third-order valence-corrected chi connectivity index (χ3v) is 9.84. The molecule has 0 radical (unpaired) electrons. The molecule has 144 valence electrons. The van der Waals surface area contributed by atoms with Gasteiger partial charge in [0.15, 0.2) is 5.82 Å². The highest BCUT2D eigenvalue weighted by molar-refractivity contribution is 7.85. The maximum absolute atomic E-state index is 14.7. The number of rotatable bonds is 7. The molecule has 0 spiro atoms. The quantitative estimate of drug-likeness (QED) is 0.450. The molecule has 25 heavy (non-hydrogen) atoms. The van der Waals surface area contributed by atoms with Crippen molar-refractivity contribution in [3.63, 3.8) is 0 Å². The van der Waals surface area contributed by atoms with E-state index < -0.39 is 24.3 Å². The van der Waals surface area contributed by atoms with Crippen molar-refractivity contribution in [2.45, 2.75) is 58.2 Å². The van der Waals surface area contributed by atoms with E-state index in [4.69, 9.17) is 20.2 Å². The van der Waals surface area contributed by atoms with Gasteiger partial charge in [0.1, 0.15) is 5.75 Å². The topological polar surface area (TPSA) is 52.6 Å². The third kappa shape index (κ3) is 6.23. The van der Waals surface area contributed by atoms with Gasteiger partial charge in [-0.3, -0.25) is 4.18 Å². The first-order valence-electron chi connectivity index (χ1n) is 8.17. The molecular weight excluding hydrogens is 383 g/mol. The number of benzene rings is 1. The molecule has 1 aromatic carbocycles. The van der Waals surface area contributed by atoms with Gasteiger partial charge in [0.2, 0.25) is 0 Å². The smallest absolute Gasteiger partial charge is 0.264 e. The van der Waals surface area contributed by atoms with E-state index in [1.807, 2.05) is 20.0 Å². The number of halogens is 2. The van der Waals surface area contributed by atoms with E-state index >= 15 is 0 Å². The van der Waals surface area contributed by atoms with Crippen molar-refractivity contribution >= 4 is 30.0 Å². The number of hydrogen-bond acceptors (Lipinski definition) is 4. The van der Waals surface area contributed by atoms with Crippen LogP contribution in [0.25, 0.3) is 0 Å². The lowest BCUT2D eigenvalue weighted by molar-refractivity contribution is 0.305. The molecule has 0 N–H and O–H groups in total. The van der Waals surface area contributed by atoms with Crippen LogP contribution in [0, 0.1) is 5.82 Å². The average Bonchev–Trinajstić information content (AvgIpc) is 2.41. The lowest BCUT2D eigenvalue weighted by atomic mass is 9.97. The Kier molecular flexibility index (Phi) is 7.12. The molecule has 0 saturated carbocycles. The molecule has 0 amide bonds. The summed E-state index contributed by atoms with van der Waals surface area (Å²) in [5.41, 5.74) is 0.670. The molecule has 1 aromatic rings. The van der Waals surface area contributed by atoms with Crippen molar-refractivity contribution in [2.75, 3.05) is 12.9 Å². The molecule has 0 saturated heterocycles. The normalized spacial score (nSPS) is 14.4. The maximum Gasteiger partial charge on any atom is 0.264 e. The SMILES string of the molecule is CC(CCOS(C)(=O)=O)c1ccc(Cl)c(F)c1O[Si](C)(C)C(C)(C)C. The minimum Gasteiger partial charge on any atom is -0.541 e. The van der Waals surface area contributed by atoms with Gasteiger partial charge in [-0.2, -0.15) is 8.42 Å². The predicted octanol–water partition coefficient (Wildman–Crippen LogP) is 5.33. The van der Waals surface area contributed by atoms with Gasteiger partial charge in [0, 0.05) is 0 Å². The van der Waals surface area contributed by atoms with Crippen LogP contribution in [0.15, 0.2) is 12.1 Å². The summed E-state index contributed by atoms with van der Waals surface area (Å²) >= 11 is 5.95. The zero-order valence-corrected chi connectivity index (χ0v) is 18.5. The van der Waals surface area contributed by atoms with E-state index in [2.05, 4.69) is 20.8 Å². The maximum atomic E-state index is 14.7. The van der Waals surface area contributed by atoms with Crippen LogP contribution in [0.2, 0.25) is 23.2 Å². The second-order valence-electron chi connectivity index (χ2n) is 7.86. The van der Waals surface area contributed by atoms with Gasteiger partial charge in [0.25, 0.3) is 18.4 Å². The molecule has 1 atom stereocenters. The van der Waals surface area contributed by atoms with E-state index in [1.54, 1.807) is 6.07 Å². The van der Waals surface area contributed by atoms with Crippen LogP contribution in [-0.2, 0) is 14.3 Å². The van der Waals surface area contributed by atoms with E-state index in [9.17, 15) is 12.8 Å². The summed E-state index contributed by atoms with van der Waals surface area (Å²) in [5.74, 6) is -0.542. The Morgan fingerprint density at radius 2 is 1.84 bits per heavy atom. The minimum absolute atomic E-state index is 0.0112. The zero-order chi connectivity index (χ0) is 19.6. The molecule has 0 bridgehead atoms. The van der Waals surface area contributed by atoms with Crippen molar-refractivity contribution in [1.29, 1.82) is 0 Å². The summed E-state index contributed by atoms with van der Waals surface area (Å²) in [6, 6.07) is 3.23. The summed E-state index contributed by atoms with van der Waals surface area (Å²) in [7, 11) is -5.76. The lowest BCUT2D eigenvalue weighted by Gasteiger charge is -2.37. The van der Waals surface area contributed by atoms with Gasteiger partial charge in [0.05, 0.1) is 17.9 Å².